The average Bonchev–Trinajstić information content (AvgIpc) is 2.64. The fourth-order valence-corrected chi connectivity index (χ4v) is 2.68. The first-order valence-corrected chi connectivity index (χ1v) is 4.78. The van der Waals surface area contributed by atoms with Gasteiger partial charge in [0.25, 0.3) is 0 Å². The maximum atomic E-state index is 5.62. The van der Waals surface area contributed by atoms with Crippen molar-refractivity contribution >= 4 is 5.96 Å². The van der Waals surface area contributed by atoms with E-state index >= 15 is 0 Å². The van der Waals surface area contributed by atoms with Crippen LogP contribution < -0.4 is 11.1 Å². The third kappa shape index (κ3) is 1.28. The van der Waals surface area contributed by atoms with Crippen LogP contribution >= 0.6 is 0 Å². The lowest BCUT2D eigenvalue weighted by Crippen LogP contribution is -2.42. The molecule has 2 bridgehead atoms. The van der Waals surface area contributed by atoms with E-state index in [1.807, 2.05) is 0 Å². The highest BCUT2D eigenvalue weighted by atomic mass is 15.1. The highest BCUT2D eigenvalue weighted by molar-refractivity contribution is 5.78. The van der Waals surface area contributed by atoms with Crippen LogP contribution in [-0.4, -0.2) is 19.0 Å². The Morgan fingerprint density at radius 2 is 2.25 bits per heavy atom. The van der Waals surface area contributed by atoms with Gasteiger partial charge in [-0.25, -0.2) is 0 Å². The van der Waals surface area contributed by atoms with Crippen LogP contribution in [-0.2, 0) is 0 Å². The molecule has 2 saturated carbocycles. The van der Waals surface area contributed by atoms with Crippen LogP contribution in [0.3, 0.4) is 0 Å². The predicted molar refractivity (Wildman–Crippen MR) is 49.9 cm³/mol. The summed E-state index contributed by atoms with van der Waals surface area (Å²) in [5, 5.41) is 3.29. The number of nitrogens with two attached hydrogens (primary N) is 1. The Morgan fingerprint density at radius 1 is 1.42 bits per heavy atom. The first-order valence-electron chi connectivity index (χ1n) is 4.78. The van der Waals surface area contributed by atoms with E-state index in [9.17, 15) is 0 Å². The predicted octanol–water partition coefficient (Wildman–Crippen LogP) is 0.709. The molecule has 3 atom stereocenters. The van der Waals surface area contributed by atoms with Crippen molar-refractivity contribution in [2.45, 2.75) is 31.7 Å². The van der Waals surface area contributed by atoms with Gasteiger partial charge in [-0.15, -0.1) is 0 Å². The highest BCUT2D eigenvalue weighted by Gasteiger charge is 2.39. The minimum Gasteiger partial charge on any atom is -0.370 e. The normalized spacial score (nSPS) is 40.4. The molecule has 3 N–H and O–H groups in total. The first kappa shape index (κ1) is 7.90. The van der Waals surface area contributed by atoms with Crippen LogP contribution in [0.15, 0.2) is 4.99 Å². The number of hydrogen-bond acceptors (Lipinski definition) is 1. The molecule has 3 unspecified atom stereocenters. The van der Waals surface area contributed by atoms with Crippen molar-refractivity contribution in [1.82, 2.24) is 5.32 Å². The fourth-order valence-electron chi connectivity index (χ4n) is 2.68. The number of rotatable bonds is 1. The monoisotopic (exact) mass is 167 g/mol. The maximum Gasteiger partial charge on any atom is 0.188 e. The van der Waals surface area contributed by atoms with Gasteiger partial charge in [0.1, 0.15) is 0 Å². The summed E-state index contributed by atoms with van der Waals surface area (Å²) in [4.78, 5) is 3.92. The molecular weight excluding hydrogens is 150 g/mol. The summed E-state index contributed by atoms with van der Waals surface area (Å²) < 4.78 is 0. The molecule has 2 fully saturated rings. The second-order valence-corrected chi connectivity index (χ2v) is 4.03. The Balaban J connectivity index is 1.91. The summed E-state index contributed by atoms with van der Waals surface area (Å²) >= 11 is 0. The summed E-state index contributed by atoms with van der Waals surface area (Å²) in [7, 11) is 1.73. The minimum absolute atomic E-state index is 0.604. The molecule has 0 spiro atoms. The highest BCUT2D eigenvalue weighted by Crippen LogP contribution is 2.44. The zero-order valence-electron chi connectivity index (χ0n) is 7.59. The molecule has 0 aromatic heterocycles. The van der Waals surface area contributed by atoms with Crippen molar-refractivity contribution in [3.63, 3.8) is 0 Å². The molecule has 0 heterocycles. The van der Waals surface area contributed by atoms with Gasteiger partial charge in [-0.2, -0.15) is 0 Å². The van der Waals surface area contributed by atoms with Crippen LogP contribution in [0.2, 0.25) is 0 Å². The van der Waals surface area contributed by atoms with Crippen molar-refractivity contribution in [3.05, 3.63) is 0 Å². The van der Waals surface area contributed by atoms with Crippen molar-refractivity contribution in [2.75, 3.05) is 7.05 Å². The van der Waals surface area contributed by atoms with E-state index in [-0.39, 0.29) is 0 Å². The van der Waals surface area contributed by atoms with E-state index in [2.05, 4.69) is 10.3 Å². The quantitative estimate of drug-likeness (QED) is 0.446. The van der Waals surface area contributed by atoms with Crippen LogP contribution in [0.5, 0.6) is 0 Å². The molecule has 0 aromatic carbocycles. The molecule has 0 radical (unpaired) electrons. The van der Waals surface area contributed by atoms with Crippen LogP contribution in [0.1, 0.15) is 25.7 Å². The minimum atomic E-state index is 0.604. The van der Waals surface area contributed by atoms with Gasteiger partial charge in [0, 0.05) is 13.1 Å². The van der Waals surface area contributed by atoms with Crippen LogP contribution in [0.4, 0.5) is 0 Å². The maximum absolute atomic E-state index is 5.62. The van der Waals surface area contributed by atoms with Crippen molar-refractivity contribution in [3.8, 4) is 0 Å². The van der Waals surface area contributed by atoms with E-state index in [1.165, 1.54) is 25.7 Å². The van der Waals surface area contributed by atoms with E-state index < -0.39 is 0 Å². The lowest BCUT2D eigenvalue weighted by molar-refractivity contribution is 0.389. The average molecular weight is 167 g/mol. The summed E-state index contributed by atoms with van der Waals surface area (Å²) in [6.45, 7) is 0. The molecule has 12 heavy (non-hydrogen) atoms. The largest absolute Gasteiger partial charge is 0.370 e. The van der Waals surface area contributed by atoms with E-state index in [4.69, 9.17) is 5.73 Å². The number of nitrogens with one attached hydrogen (secondary N) is 1. The number of fused-ring (bicyclic) bond motifs is 2. The fraction of sp³-hybridized carbons (Fsp3) is 0.889. The van der Waals surface area contributed by atoms with Gasteiger partial charge in [-0.05, 0) is 31.1 Å². The Hall–Kier alpha value is -0.730. The molecular formula is C9H17N3. The van der Waals surface area contributed by atoms with Crippen molar-refractivity contribution in [2.24, 2.45) is 22.6 Å². The number of aliphatic imine (C=N–C) groups is 1. The molecule has 68 valence electrons. The summed E-state index contributed by atoms with van der Waals surface area (Å²) in [6.07, 6.45) is 5.54. The van der Waals surface area contributed by atoms with Gasteiger partial charge >= 0.3 is 0 Å². The zero-order chi connectivity index (χ0) is 8.55. The molecule has 0 amide bonds. The second kappa shape index (κ2) is 2.96. The van der Waals surface area contributed by atoms with E-state index in [1.54, 1.807) is 7.05 Å². The molecule has 0 aromatic rings. The van der Waals surface area contributed by atoms with Crippen LogP contribution in [0.25, 0.3) is 0 Å². The molecule has 3 nitrogen and oxygen atoms in total. The van der Waals surface area contributed by atoms with Gasteiger partial charge in [-0.3, -0.25) is 4.99 Å². The molecule has 2 aliphatic carbocycles. The molecule has 2 aliphatic rings. The van der Waals surface area contributed by atoms with Gasteiger partial charge in [-0.1, -0.05) is 6.42 Å². The van der Waals surface area contributed by atoms with Crippen molar-refractivity contribution < 1.29 is 0 Å². The summed E-state index contributed by atoms with van der Waals surface area (Å²) in [5.41, 5.74) is 5.62. The first-order chi connectivity index (χ1) is 5.79. The molecule has 2 rings (SSSR count). The van der Waals surface area contributed by atoms with Gasteiger partial charge in [0.05, 0.1) is 0 Å². The standard InChI is InChI=1S/C9H17N3/c1-11-9(10)12-8-5-6-2-3-7(8)4-6/h6-8H,2-5H2,1H3,(H3,10,11,12). The third-order valence-electron chi connectivity index (χ3n) is 3.31. The lowest BCUT2D eigenvalue weighted by Gasteiger charge is -2.22. The topological polar surface area (TPSA) is 50.4 Å². The number of guanidine groups is 1. The second-order valence-electron chi connectivity index (χ2n) is 4.03. The van der Waals surface area contributed by atoms with Gasteiger partial charge < -0.3 is 11.1 Å². The zero-order valence-corrected chi connectivity index (χ0v) is 7.59. The van der Waals surface area contributed by atoms with Crippen LogP contribution in [0, 0.1) is 11.8 Å². The van der Waals surface area contributed by atoms with Gasteiger partial charge in [0.2, 0.25) is 0 Å². The summed E-state index contributed by atoms with van der Waals surface area (Å²) in [6, 6.07) is 0.618. The molecule has 0 aliphatic heterocycles. The SMILES string of the molecule is CN=C(N)NC1CC2CCC1C2. The summed E-state index contributed by atoms with van der Waals surface area (Å²) in [5.74, 6) is 2.44. The lowest BCUT2D eigenvalue weighted by atomic mass is 9.95. The van der Waals surface area contributed by atoms with E-state index in [0.717, 1.165) is 11.8 Å². The Labute approximate surface area is 73.4 Å². The molecule has 0 saturated heterocycles. The Kier molecular flexibility index (Phi) is 1.95. The smallest absolute Gasteiger partial charge is 0.188 e. The molecule has 3 heteroatoms. The number of nitrogens with zero attached hydrogens (tertiary/aromatic N) is 1. The van der Waals surface area contributed by atoms with Gasteiger partial charge in [0.15, 0.2) is 5.96 Å². The van der Waals surface area contributed by atoms with E-state index in [0.29, 0.717) is 12.0 Å². The van der Waals surface area contributed by atoms with Crippen molar-refractivity contribution in [1.29, 1.82) is 0 Å². The Morgan fingerprint density at radius 3 is 2.75 bits per heavy atom. The number of hydrogen-bond donors (Lipinski definition) is 2. The Bertz CT molecular complexity index is 200. The third-order valence-corrected chi connectivity index (χ3v) is 3.31.